The predicted octanol–water partition coefficient (Wildman–Crippen LogP) is 1.51. The number of nitrogens with one attached hydrogen (secondary N) is 1. The molecule has 1 aliphatic rings. The Balaban J connectivity index is 1.96. The van der Waals surface area contributed by atoms with E-state index in [-0.39, 0.29) is 11.7 Å². The first-order chi connectivity index (χ1) is 8.16. The molecular formula is C13H17FN2O. The summed E-state index contributed by atoms with van der Waals surface area (Å²) < 4.78 is 12.7. The molecule has 2 rings (SSSR count). The number of carbonyl (C=O) groups is 1. The predicted molar refractivity (Wildman–Crippen MR) is 64.3 cm³/mol. The molecule has 0 bridgehead atoms. The molecule has 17 heavy (non-hydrogen) atoms. The molecule has 4 heteroatoms. The highest BCUT2D eigenvalue weighted by Crippen LogP contribution is 2.11. The van der Waals surface area contributed by atoms with Gasteiger partial charge in [-0.15, -0.1) is 0 Å². The minimum atomic E-state index is -0.316. The van der Waals surface area contributed by atoms with Gasteiger partial charge in [0.25, 0.3) is 5.91 Å². The Morgan fingerprint density at radius 1 is 1.47 bits per heavy atom. The molecular weight excluding hydrogens is 219 g/mol. The molecule has 92 valence electrons. The maximum absolute atomic E-state index is 12.7. The van der Waals surface area contributed by atoms with Crippen LogP contribution in [0.15, 0.2) is 24.3 Å². The summed E-state index contributed by atoms with van der Waals surface area (Å²) in [6, 6.07) is 5.69. The molecule has 1 N–H and O–H groups in total. The maximum Gasteiger partial charge on any atom is 0.253 e. The Morgan fingerprint density at radius 3 is 2.76 bits per heavy atom. The molecule has 1 atom stereocenters. The smallest absolute Gasteiger partial charge is 0.253 e. The number of rotatable bonds is 3. The zero-order valence-electron chi connectivity index (χ0n) is 9.95. The van der Waals surface area contributed by atoms with Crippen LogP contribution in [-0.4, -0.2) is 37.5 Å². The van der Waals surface area contributed by atoms with Crippen molar-refractivity contribution in [2.75, 3.05) is 26.7 Å². The highest BCUT2D eigenvalue weighted by molar-refractivity contribution is 5.94. The minimum absolute atomic E-state index is 0.0445. The van der Waals surface area contributed by atoms with E-state index >= 15 is 0 Å². The average molecular weight is 236 g/mol. The molecule has 3 nitrogen and oxygen atoms in total. The highest BCUT2D eigenvalue weighted by atomic mass is 19.1. The van der Waals surface area contributed by atoms with Crippen LogP contribution in [0.2, 0.25) is 0 Å². The fourth-order valence-corrected chi connectivity index (χ4v) is 2.15. The van der Waals surface area contributed by atoms with E-state index < -0.39 is 0 Å². The highest BCUT2D eigenvalue weighted by Gasteiger charge is 2.19. The Labute approximate surface area is 101 Å². The molecule has 0 aliphatic carbocycles. The van der Waals surface area contributed by atoms with E-state index in [9.17, 15) is 9.18 Å². The van der Waals surface area contributed by atoms with E-state index in [0.717, 1.165) is 26.1 Å². The van der Waals surface area contributed by atoms with Crippen molar-refractivity contribution in [3.63, 3.8) is 0 Å². The fourth-order valence-electron chi connectivity index (χ4n) is 2.15. The normalized spacial score (nSPS) is 19.3. The SMILES string of the molecule is CN(CC1CCNC1)C(=O)c1ccc(F)cc1. The zero-order chi connectivity index (χ0) is 12.3. The average Bonchev–Trinajstić information content (AvgIpc) is 2.82. The number of amides is 1. The van der Waals surface area contributed by atoms with Crippen LogP contribution in [0.25, 0.3) is 0 Å². The van der Waals surface area contributed by atoms with Gasteiger partial charge in [-0.05, 0) is 49.7 Å². The lowest BCUT2D eigenvalue weighted by Gasteiger charge is -2.20. The lowest BCUT2D eigenvalue weighted by molar-refractivity contribution is 0.0776. The van der Waals surface area contributed by atoms with Crippen LogP contribution in [-0.2, 0) is 0 Å². The second kappa shape index (κ2) is 5.27. The number of hydrogen-bond acceptors (Lipinski definition) is 2. The molecule has 1 aliphatic heterocycles. The van der Waals surface area contributed by atoms with Crippen LogP contribution in [0, 0.1) is 11.7 Å². The first kappa shape index (κ1) is 12.0. The van der Waals surface area contributed by atoms with Crippen LogP contribution < -0.4 is 5.32 Å². The monoisotopic (exact) mass is 236 g/mol. The molecule has 1 aromatic rings. The molecule has 0 radical (unpaired) electrons. The topological polar surface area (TPSA) is 32.3 Å². The van der Waals surface area contributed by atoms with Crippen LogP contribution >= 0.6 is 0 Å². The van der Waals surface area contributed by atoms with Gasteiger partial charge in [0.05, 0.1) is 0 Å². The van der Waals surface area contributed by atoms with Crippen LogP contribution in [0.1, 0.15) is 16.8 Å². The van der Waals surface area contributed by atoms with Crippen molar-refractivity contribution in [2.45, 2.75) is 6.42 Å². The van der Waals surface area contributed by atoms with Crippen molar-refractivity contribution in [2.24, 2.45) is 5.92 Å². The number of halogens is 1. The molecule has 1 unspecified atom stereocenters. The molecule has 1 aromatic carbocycles. The molecule has 0 aromatic heterocycles. The maximum atomic E-state index is 12.7. The van der Waals surface area contributed by atoms with Crippen molar-refractivity contribution < 1.29 is 9.18 Å². The summed E-state index contributed by atoms with van der Waals surface area (Å²) in [6.07, 6.45) is 1.11. The Bertz CT molecular complexity index is 385. The largest absolute Gasteiger partial charge is 0.341 e. The standard InChI is InChI=1S/C13H17FN2O/c1-16(9-10-6-7-15-8-10)13(17)11-2-4-12(14)5-3-11/h2-5,10,15H,6-9H2,1H3. The second-order valence-electron chi connectivity index (χ2n) is 4.55. The van der Waals surface area contributed by atoms with Gasteiger partial charge >= 0.3 is 0 Å². The lowest BCUT2D eigenvalue weighted by atomic mass is 10.1. The van der Waals surface area contributed by atoms with Gasteiger partial charge in [-0.3, -0.25) is 4.79 Å². The van der Waals surface area contributed by atoms with Crippen molar-refractivity contribution >= 4 is 5.91 Å². The van der Waals surface area contributed by atoms with Gasteiger partial charge < -0.3 is 10.2 Å². The van der Waals surface area contributed by atoms with E-state index in [1.54, 1.807) is 11.9 Å². The third-order valence-corrected chi connectivity index (χ3v) is 3.13. The number of carbonyl (C=O) groups excluding carboxylic acids is 1. The summed E-state index contributed by atoms with van der Waals surface area (Å²) in [5, 5.41) is 3.28. The van der Waals surface area contributed by atoms with Gasteiger partial charge in [0, 0.05) is 19.2 Å². The van der Waals surface area contributed by atoms with Crippen LogP contribution in [0.4, 0.5) is 4.39 Å². The van der Waals surface area contributed by atoms with Crippen molar-refractivity contribution in [1.29, 1.82) is 0 Å². The summed E-state index contributed by atoms with van der Waals surface area (Å²) in [5.74, 6) is 0.172. The van der Waals surface area contributed by atoms with Gasteiger partial charge in [-0.2, -0.15) is 0 Å². The minimum Gasteiger partial charge on any atom is -0.341 e. The van der Waals surface area contributed by atoms with Gasteiger partial charge in [-0.1, -0.05) is 0 Å². The first-order valence-electron chi connectivity index (χ1n) is 5.88. The van der Waals surface area contributed by atoms with Crippen molar-refractivity contribution in [3.05, 3.63) is 35.6 Å². The quantitative estimate of drug-likeness (QED) is 0.862. The Morgan fingerprint density at radius 2 is 2.18 bits per heavy atom. The summed E-state index contributed by atoms with van der Waals surface area (Å²) in [5.41, 5.74) is 0.542. The molecule has 1 saturated heterocycles. The van der Waals surface area contributed by atoms with E-state index in [4.69, 9.17) is 0 Å². The van der Waals surface area contributed by atoms with E-state index in [2.05, 4.69) is 5.32 Å². The molecule has 1 heterocycles. The van der Waals surface area contributed by atoms with Crippen LogP contribution in [0.5, 0.6) is 0 Å². The van der Waals surface area contributed by atoms with Gasteiger partial charge in [0.15, 0.2) is 0 Å². The second-order valence-corrected chi connectivity index (χ2v) is 4.55. The fraction of sp³-hybridized carbons (Fsp3) is 0.462. The van der Waals surface area contributed by atoms with Gasteiger partial charge in [0.2, 0.25) is 0 Å². The molecule has 0 spiro atoms. The van der Waals surface area contributed by atoms with Gasteiger partial charge in [0.1, 0.15) is 5.82 Å². The van der Waals surface area contributed by atoms with Crippen molar-refractivity contribution in [1.82, 2.24) is 10.2 Å². The zero-order valence-corrected chi connectivity index (χ0v) is 9.95. The third kappa shape index (κ3) is 3.03. The Kier molecular flexibility index (Phi) is 3.74. The van der Waals surface area contributed by atoms with Gasteiger partial charge in [-0.25, -0.2) is 4.39 Å². The summed E-state index contributed by atoms with van der Waals surface area (Å²) in [7, 11) is 1.80. The number of hydrogen-bond donors (Lipinski definition) is 1. The third-order valence-electron chi connectivity index (χ3n) is 3.13. The van der Waals surface area contributed by atoms with Crippen molar-refractivity contribution in [3.8, 4) is 0 Å². The molecule has 0 saturated carbocycles. The van der Waals surface area contributed by atoms with Crippen LogP contribution in [0.3, 0.4) is 0 Å². The first-order valence-corrected chi connectivity index (χ1v) is 5.88. The van der Waals surface area contributed by atoms with E-state index in [1.807, 2.05) is 0 Å². The van der Waals surface area contributed by atoms with E-state index in [1.165, 1.54) is 24.3 Å². The number of benzene rings is 1. The summed E-state index contributed by atoms with van der Waals surface area (Å²) in [6.45, 7) is 2.76. The molecule has 1 amide bonds. The number of nitrogens with zero attached hydrogens (tertiary/aromatic N) is 1. The Hall–Kier alpha value is -1.42. The summed E-state index contributed by atoms with van der Waals surface area (Å²) in [4.78, 5) is 13.7. The summed E-state index contributed by atoms with van der Waals surface area (Å²) >= 11 is 0. The lowest BCUT2D eigenvalue weighted by Crippen LogP contribution is -2.32. The molecule has 1 fully saturated rings. The van der Waals surface area contributed by atoms with E-state index in [0.29, 0.717) is 11.5 Å².